The smallest absolute Gasteiger partial charge is 0.327 e. The molecule has 1 unspecified atom stereocenters. The molecule has 0 spiro atoms. The van der Waals surface area contributed by atoms with Crippen molar-refractivity contribution in [3.05, 3.63) is 35.6 Å². The maximum absolute atomic E-state index is 13.8. The average molecular weight is 282 g/mol. The molecule has 20 heavy (non-hydrogen) atoms. The van der Waals surface area contributed by atoms with E-state index in [0.29, 0.717) is 12.1 Å². The van der Waals surface area contributed by atoms with Crippen molar-refractivity contribution in [2.45, 2.75) is 19.9 Å². The van der Waals surface area contributed by atoms with Gasteiger partial charge in [0.1, 0.15) is 11.9 Å². The van der Waals surface area contributed by atoms with Gasteiger partial charge < -0.3 is 9.64 Å². The predicted molar refractivity (Wildman–Crippen MR) is 76.9 cm³/mol. The topological polar surface area (TPSA) is 41.6 Å². The van der Waals surface area contributed by atoms with E-state index in [1.165, 1.54) is 13.2 Å². The fourth-order valence-corrected chi connectivity index (χ4v) is 2.05. The quantitative estimate of drug-likeness (QED) is 0.740. The Morgan fingerprint density at radius 2 is 2.00 bits per heavy atom. The summed E-state index contributed by atoms with van der Waals surface area (Å²) in [6.45, 7) is 7.45. The highest BCUT2D eigenvalue weighted by Crippen LogP contribution is 2.17. The van der Waals surface area contributed by atoms with Crippen LogP contribution in [0.5, 0.6) is 0 Å². The average Bonchev–Trinajstić information content (AvgIpc) is 2.48. The van der Waals surface area contributed by atoms with Gasteiger partial charge in [0.2, 0.25) is 0 Å². The number of likely N-dealkylation sites (N-methyl/N-ethyl adjacent to an activating group) is 1. The van der Waals surface area contributed by atoms with E-state index >= 15 is 0 Å². The highest BCUT2D eigenvalue weighted by atomic mass is 19.1. The number of carbonyl (C=O) groups excluding carboxylic acids is 1. The largest absolute Gasteiger partial charge is 0.468 e. The van der Waals surface area contributed by atoms with Crippen LogP contribution < -0.4 is 5.32 Å². The number of ether oxygens (including phenoxy) is 1. The van der Waals surface area contributed by atoms with Gasteiger partial charge in [0, 0.05) is 18.7 Å². The summed E-state index contributed by atoms with van der Waals surface area (Å²) < 4.78 is 18.5. The van der Waals surface area contributed by atoms with Crippen LogP contribution in [0.2, 0.25) is 0 Å². The Morgan fingerprint density at radius 1 is 1.35 bits per heavy atom. The first-order chi connectivity index (χ1) is 9.63. The minimum absolute atomic E-state index is 0.318. The van der Waals surface area contributed by atoms with Gasteiger partial charge in [0.05, 0.1) is 7.11 Å². The highest BCUT2D eigenvalue weighted by molar-refractivity contribution is 5.77. The predicted octanol–water partition coefficient (Wildman–Crippen LogP) is 1.97. The molecule has 0 heterocycles. The molecule has 0 saturated carbocycles. The number of rotatable bonds is 8. The third-order valence-corrected chi connectivity index (χ3v) is 3.32. The van der Waals surface area contributed by atoms with Crippen LogP contribution in [0.3, 0.4) is 0 Å². The van der Waals surface area contributed by atoms with E-state index < -0.39 is 17.8 Å². The first-order valence-electron chi connectivity index (χ1n) is 6.92. The molecule has 0 aliphatic carbocycles. The van der Waals surface area contributed by atoms with E-state index in [1.807, 2.05) is 0 Å². The summed E-state index contributed by atoms with van der Waals surface area (Å²) in [6.07, 6.45) is 0. The number of halogens is 1. The zero-order valence-corrected chi connectivity index (χ0v) is 12.4. The first-order valence-corrected chi connectivity index (χ1v) is 6.92. The second-order valence-electron chi connectivity index (χ2n) is 4.46. The van der Waals surface area contributed by atoms with Crippen LogP contribution in [0.25, 0.3) is 0 Å². The van der Waals surface area contributed by atoms with Gasteiger partial charge >= 0.3 is 5.97 Å². The Bertz CT molecular complexity index is 422. The Labute approximate surface area is 119 Å². The summed E-state index contributed by atoms with van der Waals surface area (Å²) >= 11 is 0. The number of nitrogens with zero attached hydrogens (tertiary/aromatic N) is 1. The van der Waals surface area contributed by atoms with Crippen molar-refractivity contribution in [3.8, 4) is 0 Å². The number of nitrogens with one attached hydrogen (secondary N) is 1. The van der Waals surface area contributed by atoms with E-state index in [0.717, 1.165) is 19.6 Å². The summed E-state index contributed by atoms with van der Waals surface area (Å²) in [4.78, 5) is 14.0. The molecule has 1 aromatic carbocycles. The van der Waals surface area contributed by atoms with Crippen molar-refractivity contribution < 1.29 is 13.9 Å². The molecule has 1 N–H and O–H groups in total. The molecule has 0 aliphatic rings. The van der Waals surface area contributed by atoms with E-state index in [-0.39, 0.29) is 0 Å². The minimum Gasteiger partial charge on any atom is -0.468 e. The van der Waals surface area contributed by atoms with Crippen molar-refractivity contribution >= 4 is 5.97 Å². The van der Waals surface area contributed by atoms with Crippen LogP contribution in [-0.4, -0.2) is 44.2 Å². The van der Waals surface area contributed by atoms with Crippen molar-refractivity contribution in [2.24, 2.45) is 0 Å². The molecule has 1 atom stereocenters. The van der Waals surface area contributed by atoms with Gasteiger partial charge in [-0.25, -0.2) is 9.18 Å². The molecule has 5 heteroatoms. The number of methoxy groups -OCH3 is 1. The minimum atomic E-state index is -0.767. The fourth-order valence-electron chi connectivity index (χ4n) is 2.05. The number of benzene rings is 1. The standard InChI is InChI=1S/C15H23FN2O2/c1-4-18(5-2)11-10-17-14(15(19)20-3)12-8-6-7-9-13(12)16/h6-9,14,17H,4-5,10-11H2,1-3H3. The second-order valence-corrected chi connectivity index (χ2v) is 4.46. The lowest BCUT2D eigenvalue weighted by Crippen LogP contribution is -2.37. The summed E-state index contributed by atoms with van der Waals surface area (Å²) in [7, 11) is 1.31. The Morgan fingerprint density at radius 3 is 2.55 bits per heavy atom. The fraction of sp³-hybridized carbons (Fsp3) is 0.533. The molecule has 0 bridgehead atoms. The van der Waals surface area contributed by atoms with E-state index in [1.54, 1.807) is 18.2 Å². The van der Waals surface area contributed by atoms with Gasteiger partial charge in [-0.3, -0.25) is 5.32 Å². The third kappa shape index (κ3) is 4.58. The Kier molecular flexibility index (Phi) is 7.18. The molecular formula is C15H23FN2O2. The Balaban J connectivity index is 2.72. The van der Waals surface area contributed by atoms with E-state index in [4.69, 9.17) is 4.74 Å². The van der Waals surface area contributed by atoms with Gasteiger partial charge in [-0.2, -0.15) is 0 Å². The molecule has 0 amide bonds. The summed E-state index contributed by atoms with van der Waals surface area (Å²) in [5.41, 5.74) is 0.318. The maximum atomic E-state index is 13.8. The highest BCUT2D eigenvalue weighted by Gasteiger charge is 2.23. The molecule has 1 rings (SSSR count). The van der Waals surface area contributed by atoms with E-state index in [2.05, 4.69) is 24.1 Å². The molecule has 0 fully saturated rings. The van der Waals surface area contributed by atoms with Crippen LogP contribution in [-0.2, 0) is 9.53 Å². The third-order valence-electron chi connectivity index (χ3n) is 3.32. The molecule has 0 radical (unpaired) electrons. The molecule has 0 saturated heterocycles. The molecule has 1 aromatic rings. The Hall–Kier alpha value is -1.46. The number of carbonyl (C=O) groups is 1. The summed E-state index contributed by atoms with van der Waals surface area (Å²) in [5, 5.41) is 3.07. The van der Waals surface area contributed by atoms with Crippen LogP contribution in [0.4, 0.5) is 4.39 Å². The SMILES string of the molecule is CCN(CC)CCNC(C(=O)OC)c1ccccc1F. The van der Waals surface area contributed by atoms with Crippen molar-refractivity contribution in [3.63, 3.8) is 0 Å². The van der Waals surface area contributed by atoms with Crippen molar-refractivity contribution in [2.75, 3.05) is 33.3 Å². The van der Waals surface area contributed by atoms with Gasteiger partial charge in [0.25, 0.3) is 0 Å². The molecular weight excluding hydrogens is 259 g/mol. The van der Waals surface area contributed by atoms with Gasteiger partial charge in [-0.15, -0.1) is 0 Å². The summed E-state index contributed by atoms with van der Waals surface area (Å²) in [6, 6.07) is 5.49. The molecule has 0 aromatic heterocycles. The summed E-state index contributed by atoms with van der Waals surface area (Å²) in [5.74, 6) is -0.882. The monoisotopic (exact) mass is 282 g/mol. The lowest BCUT2D eigenvalue weighted by molar-refractivity contribution is -0.143. The lowest BCUT2D eigenvalue weighted by atomic mass is 10.1. The van der Waals surface area contributed by atoms with Gasteiger partial charge in [0.15, 0.2) is 0 Å². The van der Waals surface area contributed by atoms with Crippen LogP contribution in [0.15, 0.2) is 24.3 Å². The number of hydrogen-bond acceptors (Lipinski definition) is 4. The van der Waals surface area contributed by atoms with Crippen molar-refractivity contribution in [1.29, 1.82) is 0 Å². The van der Waals surface area contributed by atoms with Gasteiger partial charge in [-0.1, -0.05) is 32.0 Å². The number of hydrogen-bond donors (Lipinski definition) is 1. The number of esters is 1. The molecule has 4 nitrogen and oxygen atoms in total. The van der Waals surface area contributed by atoms with Crippen molar-refractivity contribution in [1.82, 2.24) is 10.2 Å². The second kappa shape index (κ2) is 8.66. The first kappa shape index (κ1) is 16.6. The zero-order chi connectivity index (χ0) is 15.0. The lowest BCUT2D eigenvalue weighted by Gasteiger charge is -2.21. The maximum Gasteiger partial charge on any atom is 0.327 e. The zero-order valence-electron chi connectivity index (χ0n) is 12.4. The molecule has 112 valence electrons. The normalized spacial score (nSPS) is 12.4. The van der Waals surface area contributed by atoms with Gasteiger partial charge in [-0.05, 0) is 19.2 Å². The molecule has 0 aliphatic heterocycles. The van der Waals surface area contributed by atoms with Crippen LogP contribution in [0, 0.1) is 5.82 Å². The van der Waals surface area contributed by atoms with Crippen LogP contribution >= 0.6 is 0 Å². The van der Waals surface area contributed by atoms with Crippen LogP contribution in [0.1, 0.15) is 25.5 Å². The van der Waals surface area contributed by atoms with E-state index in [9.17, 15) is 9.18 Å².